The Balaban J connectivity index is 2.40. The van der Waals surface area contributed by atoms with Crippen molar-refractivity contribution < 1.29 is 9.90 Å². The largest absolute Gasteiger partial charge is 0.396 e. The third-order valence-corrected chi connectivity index (χ3v) is 3.15. The second-order valence-corrected chi connectivity index (χ2v) is 4.77. The van der Waals surface area contributed by atoms with Gasteiger partial charge in [-0.15, -0.1) is 0 Å². The van der Waals surface area contributed by atoms with Crippen LogP contribution in [0, 0.1) is 0 Å². The summed E-state index contributed by atoms with van der Waals surface area (Å²) in [4.78, 5) is 14.0. The van der Waals surface area contributed by atoms with Crippen LogP contribution in [0.2, 0.25) is 0 Å². The van der Waals surface area contributed by atoms with Crippen molar-refractivity contribution in [2.24, 2.45) is 0 Å². The van der Waals surface area contributed by atoms with Crippen LogP contribution in [-0.2, 0) is 0 Å². The predicted molar refractivity (Wildman–Crippen MR) is 75.0 cm³/mol. The highest BCUT2D eigenvalue weighted by atomic mass is 16.3. The molecule has 0 aliphatic heterocycles. The average molecular weight is 267 g/mol. The first-order chi connectivity index (χ1) is 9.29. The van der Waals surface area contributed by atoms with Crippen LogP contribution in [0.15, 0.2) is 12.4 Å². The van der Waals surface area contributed by atoms with E-state index in [0.29, 0.717) is 18.5 Å². The number of aliphatic hydroxyl groups excluding tert-OH is 1. The second-order valence-electron chi connectivity index (χ2n) is 4.77. The van der Waals surface area contributed by atoms with Crippen molar-refractivity contribution in [1.29, 1.82) is 0 Å². The van der Waals surface area contributed by atoms with E-state index >= 15 is 0 Å². The van der Waals surface area contributed by atoms with E-state index in [-0.39, 0.29) is 12.5 Å². The fourth-order valence-electron chi connectivity index (χ4n) is 2.03. The number of aromatic nitrogens is 2. The number of nitrogens with one attached hydrogen (secondary N) is 1. The van der Waals surface area contributed by atoms with Crippen LogP contribution in [0.4, 0.5) is 0 Å². The molecule has 0 aromatic carbocycles. The number of hydrogen-bond donors (Lipinski definition) is 2. The maximum absolute atomic E-state index is 12.2. The van der Waals surface area contributed by atoms with Gasteiger partial charge in [-0.05, 0) is 12.8 Å². The van der Waals surface area contributed by atoms with Crippen molar-refractivity contribution in [3.05, 3.63) is 18.0 Å². The number of H-pyrrole nitrogens is 1. The molecular weight excluding hydrogens is 242 g/mol. The number of rotatable bonds is 10. The number of hydrogen-bond acceptors (Lipinski definition) is 3. The lowest BCUT2D eigenvalue weighted by molar-refractivity contribution is 0.0742. The van der Waals surface area contributed by atoms with E-state index < -0.39 is 0 Å². The summed E-state index contributed by atoms with van der Waals surface area (Å²) < 4.78 is 0. The molecule has 0 saturated carbocycles. The summed E-state index contributed by atoms with van der Waals surface area (Å²) >= 11 is 0. The van der Waals surface area contributed by atoms with Crippen LogP contribution < -0.4 is 0 Å². The molecule has 0 fully saturated rings. The zero-order valence-corrected chi connectivity index (χ0v) is 11.8. The summed E-state index contributed by atoms with van der Waals surface area (Å²) in [7, 11) is 0. The first-order valence-electron chi connectivity index (χ1n) is 7.18. The van der Waals surface area contributed by atoms with Crippen molar-refractivity contribution >= 4 is 5.91 Å². The number of amides is 1. The van der Waals surface area contributed by atoms with E-state index in [4.69, 9.17) is 5.11 Å². The lowest BCUT2D eigenvalue weighted by Gasteiger charge is -2.21. The van der Waals surface area contributed by atoms with Gasteiger partial charge in [-0.1, -0.05) is 32.6 Å². The van der Waals surface area contributed by atoms with Crippen LogP contribution in [0.5, 0.6) is 0 Å². The molecule has 5 heteroatoms. The number of aliphatic hydroxyl groups is 1. The Labute approximate surface area is 115 Å². The first-order valence-corrected chi connectivity index (χ1v) is 7.18. The predicted octanol–water partition coefficient (Wildman–Crippen LogP) is 2.20. The Morgan fingerprint density at radius 3 is 2.63 bits per heavy atom. The smallest absolute Gasteiger partial charge is 0.257 e. The number of carbonyl (C=O) groups is 1. The number of carbonyl (C=O) groups excluding carboxylic acids is 1. The van der Waals surface area contributed by atoms with Gasteiger partial charge in [0.25, 0.3) is 5.91 Å². The maximum atomic E-state index is 12.2. The quantitative estimate of drug-likeness (QED) is 0.639. The molecule has 1 aromatic heterocycles. The second kappa shape index (κ2) is 9.55. The topological polar surface area (TPSA) is 69.2 Å². The lowest BCUT2D eigenvalue weighted by Crippen LogP contribution is -2.33. The molecule has 1 heterocycles. The normalized spacial score (nSPS) is 10.6. The highest BCUT2D eigenvalue weighted by molar-refractivity contribution is 5.93. The third-order valence-electron chi connectivity index (χ3n) is 3.15. The molecule has 0 atom stereocenters. The zero-order valence-electron chi connectivity index (χ0n) is 11.8. The van der Waals surface area contributed by atoms with Crippen molar-refractivity contribution in [3.8, 4) is 0 Å². The molecule has 0 aliphatic rings. The molecule has 0 saturated heterocycles. The minimum Gasteiger partial charge on any atom is -0.396 e. The van der Waals surface area contributed by atoms with Crippen LogP contribution >= 0.6 is 0 Å². The molecule has 0 unspecified atom stereocenters. The van der Waals surface area contributed by atoms with Gasteiger partial charge < -0.3 is 10.0 Å². The number of unbranched alkanes of at least 4 members (excludes halogenated alkanes) is 4. The summed E-state index contributed by atoms with van der Waals surface area (Å²) in [6.45, 7) is 3.67. The summed E-state index contributed by atoms with van der Waals surface area (Å²) in [5, 5.41) is 15.4. The number of nitrogens with zero attached hydrogens (tertiary/aromatic N) is 2. The van der Waals surface area contributed by atoms with E-state index in [0.717, 1.165) is 19.4 Å². The molecule has 0 bridgehead atoms. The summed E-state index contributed by atoms with van der Waals surface area (Å²) in [6.07, 6.45) is 9.67. The van der Waals surface area contributed by atoms with Crippen LogP contribution in [0.3, 0.4) is 0 Å². The van der Waals surface area contributed by atoms with Crippen molar-refractivity contribution in [1.82, 2.24) is 15.1 Å². The molecule has 0 radical (unpaired) electrons. The van der Waals surface area contributed by atoms with Gasteiger partial charge in [0.05, 0.1) is 11.8 Å². The van der Waals surface area contributed by atoms with E-state index in [1.807, 2.05) is 4.90 Å². The van der Waals surface area contributed by atoms with Gasteiger partial charge in [0.15, 0.2) is 0 Å². The Hall–Kier alpha value is -1.36. The van der Waals surface area contributed by atoms with E-state index in [1.165, 1.54) is 19.3 Å². The molecule has 1 aromatic rings. The van der Waals surface area contributed by atoms with Crippen molar-refractivity contribution in [2.45, 2.75) is 45.4 Å². The van der Waals surface area contributed by atoms with Gasteiger partial charge in [-0.2, -0.15) is 5.10 Å². The maximum Gasteiger partial charge on any atom is 0.257 e. The van der Waals surface area contributed by atoms with Gasteiger partial charge in [-0.25, -0.2) is 0 Å². The SMILES string of the molecule is CCCCCCCN(CCCO)C(=O)c1cn[nH]c1. The van der Waals surface area contributed by atoms with Crippen molar-refractivity contribution in [3.63, 3.8) is 0 Å². The van der Waals surface area contributed by atoms with E-state index in [9.17, 15) is 4.79 Å². The lowest BCUT2D eigenvalue weighted by atomic mass is 10.1. The molecular formula is C14H25N3O2. The molecule has 1 amide bonds. The molecule has 108 valence electrons. The van der Waals surface area contributed by atoms with Gasteiger partial charge in [0.1, 0.15) is 0 Å². The van der Waals surface area contributed by atoms with Gasteiger partial charge in [0, 0.05) is 25.9 Å². The van der Waals surface area contributed by atoms with Gasteiger partial charge >= 0.3 is 0 Å². The minimum absolute atomic E-state index is 0.00214. The van der Waals surface area contributed by atoms with Crippen LogP contribution in [0.25, 0.3) is 0 Å². The summed E-state index contributed by atoms with van der Waals surface area (Å²) in [5.74, 6) is -0.00214. The Bertz CT molecular complexity index is 338. The van der Waals surface area contributed by atoms with Gasteiger partial charge in [-0.3, -0.25) is 9.89 Å². The van der Waals surface area contributed by atoms with Crippen molar-refractivity contribution in [2.75, 3.05) is 19.7 Å². The highest BCUT2D eigenvalue weighted by Crippen LogP contribution is 2.08. The fraction of sp³-hybridized carbons (Fsp3) is 0.714. The summed E-state index contributed by atoms with van der Waals surface area (Å²) in [6, 6.07) is 0. The summed E-state index contributed by atoms with van der Waals surface area (Å²) in [5.41, 5.74) is 0.589. The van der Waals surface area contributed by atoms with E-state index in [1.54, 1.807) is 12.4 Å². The first kappa shape index (κ1) is 15.7. The molecule has 2 N–H and O–H groups in total. The van der Waals surface area contributed by atoms with Gasteiger partial charge in [0.2, 0.25) is 0 Å². The average Bonchev–Trinajstić information content (AvgIpc) is 2.95. The van der Waals surface area contributed by atoms with E-state index in [2.05, 4.69) is 17.1 Å². The minimum atomic E-state index is -0.00214. The highest BCUT2D eigenvalue weighted by Gasteiger charge is 2.15. The molecule has 19 heavy (non-hydrogen) atoms. The fourth-order valence-corrected chi connectivity index (χ4v) is 2.03. The molecule has 1 rings (SSSR count). The van der Waals surface area contributed by atoms with Crippen LogP contribution in [0.1, 0.15) is 55.8 Å². The Morgan fingerprint density at radius 1 is 1.26 bits per heavy atom. The number of aromatic amines is 1. The van der Waals surface area contributed by atoms with Crippen LogP contribution in [-0.4, -0.2) is 45.8 Å². The standard InChI is InChI=1S/C14H25N3O2/c1-2-3-4-5-6-8-17(9-7-10-18)14(19)13-11-15-16-12-13/h11-12,18H,2-10H2,1H3,(H,15,16). The zero-order chi connectivity index (χ0) is 13.9. The molecule has 0 spiro atoms. The Kier molecular flexibility index (Phi) is 7.89. The monoisotopic (exact) mass is 267 g/mol. The third kappa shape index (κ3) is 5.87. The molecule has 0 aliphatic carbocycles. The molecule has 5 nitrogen and oxygen atoms in total. The Morgan fingerprint density at radius 2 is 2.00 bits per heavy atom.